The molecular weight excluding hydrogens is 234 g/mol. The second-order valence-corrected chi connectivity index (χ2v) is 6.21. The molecule has 0 radical (unpaired) electrons. The lowest BCUT2D eigenvalue weighted by Gasteiger charge is -2.23. The van der Waals surface area contributed by atoms with Crippen molar-refractivity contribution in [2.24, 2.45) is 0 Å². The van der Waals surface area contributed by atoms with Gasteiger partial charge in [-0.2, -0.15) is 23.5 Å². The van der Waals surface area contributed by atoms with E-state index in [0.717, 1.165) is 5.75 Å². The largest absolute Gasteiger partial charge is 0.381 e. The van der Waals surface area contributed by atoms with E-state index in [9.17, 15) is 0 Å². The van der Waals surface area contributed by atoms with E-state index < -0.39 is 0 Å². The first kappa shape index (κ1) is 12.2. The number of hydrogen-bond donors (Lipinski definition) is 1. The number of thioether (sulfide) groups is 2. The van der Waals surface area contributed by atoms with Crippen molar-refractivity contribution in [2.75, 3.05) is 23.1 Å². The second kappa shape index (κ2) is 6.45. The third kappa shape index (κ3) is 3.63. The molecule has 0 aromatic heterocycles. The van der Waals surface area contributed by atoms with E-state index in [0.29, 0.717) is 6.04 Å². The molecule has 1 aliphatic rings. The predicted octanol–water partition coefficient (Wildman–Crippen LogP) is 3.86. The fraction of sp³-hybridized carbons (Fsp3) is 0.538. The number of nitrogens with one attached hydrogen (secondary N) is 1. The highest BCUT2D eigenvalue weighted by molar-refractivity contribution is 7.99. The first-order valence-electron chi connectivity index (χ1n) is 5.80. The second-order valence-electron chi connectivity index (χ2n) is 4.19. The van der Waals surface area contributed by atoms with Crippen molar-refractivity contribution in [3.8, 4) is 0 Å². The van der Waals surface area contributed by atoms with Crippen LogP contribution in [0.25, 0.3) is 0 Å². The van der Waals surface area contributed by atoms with Crippen LogP contribution in [0.4, 0.5) is 5.69 Å². The van der Waals surface area contributed by atoms with E-state index in [1.807, 2.05) is 11.8 Å². The molecule has 1 nitrogen and oxygen atoms in total. The molecule has 16 heavy (non-hydrogen) atoms. The Morgan fingerprint density at radius 3 is 3.19 bits per heavy atom. The quantitative estimate of drug-likeness (QED) is 0.875. The Kier molecular flexibility index (Phi) is 4.91. The summed E-state index contributed by atoms with van der Waals surface area (Å²) in [6, 6.07) is 9.50. The lowest BCUT2D eigenvalue weighted by atomic mass is 10.1. The molecule has 1 aromatic carbocycles. The highest BCUT2D eigenvalue weighted by atomic mass is 32.2. The van der Waals surface area contributed by atoms with Gasteiger partial charge in [-0.05, 0) is 42.5 Å². The van der Waals surface area contributed by atoms with Crippen molar-refractivity contribution in [1.82, 2.24) is 0 Å². The summed E-state index contributed by atoms with van der Waals surface area (Å²) in [7, 11) is 0. The van der Waals surface area contributed by atoms with Crippen LogP contribution >= 0.6 is 23.5 Å². The molecule has 2 rings (SSSR count). The molecule has 0 amide bonds. The molecular formula is C13H19NS2. The van der Waals surface area contributed by atoms with Crippen molar-refractivity contribution < 1.29 is 0 Å². The van der Waals surface area contributed by atoms with Crippen LogP contribution in [0.5, 0.6) is 0 Å². The predicted molar refractivity (Wildman–Crippen MR) is 77.6 cm³/mol. The van der Waals surface area contributed by atoms with Crippen molar-refractivity contribution in [3.05, 3.63) is 29.8 Å². The standard InChI is InChI=1S/C13H19NS2/c1-15-9-11-4-2-5-12(8-11)14-13-6-3-7-16-10-13/h2,4-5,8,13-14H,3,6-7,9-10H2,1H3. The Morgan fingerprint density at radius 2 is 2.44 bits per heavy atom. The van der Waals surface area contributed by atoms with Gasteiger partial charge in [-0.15, -0.1) is 0 Å². The first-order chi connectivity index (χ1) is 7.88. The van der Waals surface area contributed by atoms with Crippen LogP contribution in [-0.4, -0.2) is 23.8 Å². The van der Waals surface area contributed by atoms with E-state index in [-0.39, 0.29) is 0 Å². The van der Waals surface area contributed by atoms with Crippen molar-refractivity contribution >= 4 is 29.2 Å². The average molecular weight is 253 g/mol. The minimum atomic E-state index is 0.670. The summed E-state index contributed by atoms with van der Waals surface area (Å²) in [6.07, 6.45) is 4.82. The third-order valence-electron chi connectivity index (χ3n) is 2.77. The summed E-state index contributed by atoms with van der Waals surface area (Å²) in [5, 5.41) is 3.65. The van der Waals surface area contributed by atoms with Gasteiger partial charge < -0.3 is 5.32 Å². The van der Waals surface area contributed by atoms with Crippen molar-refractivity contribution in [1.29, 1.82) is 0 Å². The van der Waals surface area contributed by atoms with E-state index >= 15 is 0 Å². The summed E-state index contributed by atoms with van der Waals surface area (Å²) >= 11 is 3.95. The molecule has 0 spiro atoms. The Labute approximate surface area is 107 Å². The average Bonchev–Trinajstić information content (AvgIpc) is 2.31. The molecule has 1 unspecified atom stereocenters. The van der Waals surface area contributed by atoms with Crippen molar-refractivity contribution in [3.63, 3.8) is 0 Å². The Balaban J connectivity index is 1.94. The van der Waals surface area contributed by atoms with E-state index in [2.05, 4.69) is 47.6 Å². The molecule has 1 N–H and O–H groups in total. The zero-order valence-corrected chi connectivity index (χ0v) is 11.4. The van der Waals surface area contributed by atoms with Crippen LogP contribution in [0, 0.1) is 0 Å². The van der Waals surface area contributed by atoms with E-state index in [1.165, 1.54) is 35.6 Å². The van der Waals surface area contributed by atoms with E-state index in [1.54, 1.807) is 0 Å². The minimum Gasteiger partial charge on any atom is -0.381 e. The highest BCUT2D eigenvalue weighted by Crippen LogP contribution is 2.22. The van der Waals surface area contributed by atoms with Gasteiger partial charge in [0.15, 0.2) is 0 Å². The topological polar surface area (TPSA) is 12.0 Å². The molecule has 0 bridgehead atoms. The lowest BCUT2D eigenvalue weighted by Crippen LogP contribution is -2.25. The molecule has 1 fully saturated rings. The first-order valence-corrected chi connectivity index (χ1v) is 8.35. The van der Waals surface area contributed by atoms with Gasteiger partial charge in [-0.3, -0.25) is 0 Å². The number of hydrogen-bond acceptors (Lipinski definition) is 3. The molecule has 1 atom stereocenters. The van der Waals surface area contributed by atoms with Crippen LogP contribution in [0.3, 0.4) is 0 Å². The monoisotopic (exact) mass is 253 g/mol. The van der Waals surface area contributed by atoms with Gasteiger partial charge in [-0.25, -0.2) is 0 Å². The summed E-state index contributed by atoms with van der Waals surface area (Å²) in [6.45, 7) is 0. The number of anilines is 1. The fourth-order valence-corrected chi connectivity index (χ4v) is 3.59. The van der Waals surface area contributed by atoms with Crippen LogP contribution in [0.2, 0.25) is 0 Å². The van der Waals surface area contributed by atoms with Gasteiger partial charge in [0.25, 0.3) is 0 Å². The third-order valence-corrected chi connectivity index (χ3v) is 4.61. The van der Waals surface area contributed by atoms with Gasteiger partial charge in [0.1, 0.15) is 0 Å². The molecule has 88 valence electrons. The molecule has 1 aliphatic heterocycles. The maximum Gasteiger partial charge on any atom is 0.0352 e. The van der Waals surface area contributed by atoms with Gasteiger partial charge in [0.05, 0.1) is 0 Å². The Morgan fingerprint density at radius 1 is 1.50 bits per heavy atom. The Bertz CT molecular complexity index is 321. The summed E-state index contributed by atoms with van der Waals surface area (Å²) in [4.78, 5) is 0. The SMILES string of the molecule is CSCc1cccc(NC2CCCSC2)c1. The molecule has 1 saturated heterocycles. The van der Waals surface area contributed by atoms with Crippen LogP contribution in [0.15, 0.2) is 24.3 Å². The minimum absolute atomic E-state index is 0.670. The van der Waals surface area contributed by atoms with E-state index in [4.69, 9.17) is 0 Å². The lowest BCUT2D eigenvalue weighted by molar-refractivity contribution is 0.685. The summed E-state index contributed by atoms with van der Waals surface area (Å²) in [5.74, 6) is 3.70. The fourth-order valence-electron chi connectivity index (χ4n) is 2.01. The van der Waals surface area contributed by atoms with Gasteiger partial charge in [-0.1, -0.05) is 12.1 Å². The number of benzene rings is 1. The molecule has 1 aromatic rings. The van der Waals surface area contributed by atoms with Gasteiger partial charge in [0, 0.05) is 23.2 Å². The smallest absolute Gasteiger partial charge is 0.0352 e. The summed E-state index contributed by atoms with van der Waals surface area (Å²) < 4.78 is 0. The highest BCUT2D eigenvalue weighted by Gasteiger charge is 2.13. The van der Waals surface area contributed by atoms with Crippen LogP contribution in [-0.2, 0) is 5.75 Å². The Hall–Kier alpha value is -0.280. The zero-order valence-electron chi connectivity index (χ0n) is 9.74. The van der Waals surface area contributed by atoms with Gasteiger partial charge in [0.2, 0.25) is 0 Å². The van der Waals surface area contributed by atoms with Crippen LogP contribution in [0.1, 0.15) is 18.4 Å². The maximum atomic E-state index is 3.65. The molecule has 0 aliphatic carbocycles. The maximum absolute atomic E-state index is 3.65. The molecule has 3 heteroatoms. The normalized spacial score (nSPS) is 20.7. The van der Waals surface area contributed by atoms with Gasteiger partial charge >= 0.3 is 0 Å². The number of rotatable bonds is 4. The van der Waals surface area contributed by atoms with Crippen molar-refractivity contribution in [2.45, 2.75) is 24.6 Å². The summed E-state index contributed by atoms with van der Waals surface area (Å²) in [5.41, 5.74) is 2.71. The van der Waals surface area contributed by atoms with Crippen LogP contribution < -0.4 is 5.32 Å². The molecule has 0 saturated carbocycles. The molecule has 1 heterocycles. The zero-order chi connectivity index (χ0) is 11.2.